The summed E-state index contributed by atoms with van der Waals surface area (Å²) in [5.74, 6) is -1.71. The first-order valence-electron chi connectivity index (χ1n) is 6.89. The van der Waals surface area contributed by atoms with Crippen LogP contribution in [-0.4, -0.2) is 22.2 Å². The van der Waals surface area contributed by atoms with Crippen molar-refractivity contribution < 1.29 is 18.8 Å². The molecule has 5 nitrogen and oxygen atoms in total. The summed E-state index contributed by atoms with van der Waals surface area (Å²) in [4.78, 5) is 9.73. The third-order valence-corrected chi connectivity index (χ3v) is 4.02. The lowest BCUT2D eigenvalue weighted by Crippen LogP contribution is -2.46. The van der Waals surface area contributed by atoms with Gasteiger partial charge in [-0.1, -0.05) is 19.8 Å². The number of rotatable bonds is 4. The molecule has 0 aromatic heterocycles. The number of nitro benzene ring substituents is 1. The predicted octanol–water partition coefficient (Wildman–Crippen LogP) is 3.23. The molecule has 116 valence electrons. The van der Waals surface area contributed by atoms with Crippen molar-refractivity contribution >= 4 is 11.4 Å². The summed E-state index contributed by atoms with van der Waals surface area (Å²) >= 11 is 0. The number of aliphatic hydroxyl groups is 1. The molecule has 2 unspecified atom stereocenters. The molecule has 21 heavy (non-hydrogen) atoms. The van der Waals surface area contributed by atoms with Crippen LogP contribution in [0.25, 0.3) is 0 Å². The molecule has 0 saturated heterocycles. The lowest BCUT2D eigenvalue weighted by atomic mass is 9.76. The highest BCUT2D eigenvalue weighted by Crippen LogP contribution is 2.36. The average molecular weight is 300 g/mol. The molecule has 1 saturated carbocycles. The highest BCUT2D eigenvalue weighted by Gasteiger charge is 2.36. The van der Waals surface area contributed by atoms with Gasteiger partial charge in [0, 0.05) is 0 Å². The van der Waals surface area contributed by atoms with Crippen molar-refractivity contribution in [3.8, 4) is 0 Å². The molecule has 2 atom stereocenters. The summed E-state index contributed by atoms with van der Waals surface area (Å²) in [6.45, 7) is 1.78. The smallest absolute Gasteiger partial charge is 0.275 e. The maximum absolute atomic E-state index is 13.9. The van der Waals surface area contributed by atoms with Crippen LogP contribution in [0.5, 0.6) is 0 Å². The molecular weight excluding hydrogens is 282 g/mol. The topological polar surface area (TPSA) is 75.4 Å². The Morgan fingerprint density at radius 2 is 2.10 bits per heavy atom. The van der Waals surface area contributed by atoms with Crippen LogP contribution >= 0.6 is 0 Å². The molecule has 1 aromatic rings. The number of hydrogen-bond acceptors (Lipinski definition) is 4. The second-order valence-electron chi connectivity index (χ2n) is 5.81. The standard InChI is InChI=1S/C14H18F2N2O3/c1-9-3-2-4-14(7-9,8-19)17-13-11(15)5-10(18(20)21)6-12(13)16/h5-6,9,17,19H,2-4,7-8H2,1H3. The van der Waals surface area contributed by atoms with Gasteiger partial charge in [-0.25, -0.2) is 8.78 Å². The number of anilines is 1. The van der Waals surface area contributed by atoms with E-state index in [1.807, 2.05) is 6.92 Å². The van der Waals surface area contributed by atoms with Crippen LogP contribution in [0.3, 0.4) is 0 Å². The average Bonchev–Trinajstić information content (AvgIpc) is 2.42. The molecule has 7 heteroatoms. The van der Waals surface area contributed by atoms with Gasteiger partial charge in [0.2, 0.25) is 0 Å². The number of nitro groups is 1. The Morgan fingerprint density at radius 3 is 2.57 bits per heavy atom. The van der Waals surface area contributed by atoms with Gasteiger partial charge in [-0.15, -0.1) is 0 Å². The molecule has 0 aliphatic heterocycles. The summed E-state index contributed by atoms with van der Waals surface area (Å²) in [5.41, 5.74) is -1.83. The number of halogens is 2. The van der Waals surface area contributed by atoms with Crippen LogP contribution in [0.15, 0.2) is 12.1 Å². The fraction of sp³-hybridized carbons (Fsp3) is 0.571. The van der Waals surface area contributed by atoms with Gasteiger partial charge >= 0.3 is 0 Å². The van der Waals surface area contributed by atoms with E-state index in [4.69, 9.17) is 0 Å². The van der Waals surface area contributed by atoms with Gasteiger partial charge in [0.25, 0.3) is 5.69 Å². The van der Waals surface area contributed by atoms with Gasteiger partial charge in [0.15, 0.2) is 11.6 Å². The summed E-state index contributed by atoms with van der Waals surface area (Å²) in [5, 5.41) is 23.0. The molecule has 0 radical (unpaired) electrons. The number of nitrogens with one attached hydrogen (secondary N) is 1. The van der Waals surface area contributed by atoms with E-state index in [1.165, 1.54) is 0 Å². The van der Waals surface area contributed by atoms with E-state index in [-0.39, 0.29) is 6.61 Å². The molecule has 0 spiro atoms. The normalized spacial score (nSPS) is 25.6. The third-order valence-electron chi connectivity index (χ3n) is 4.02. The first kappa shape index (κ1) is 15.6. The van der Waals surface area contributed by atoms with Gasteiger partial charge in [0.1, 0.15) is 5.69 Å². The second kappa shape index (κ2) is 5.93. The predicted molar refractivity (Wildman–Crippen MR) is 74.1 cm³/mol. The molecule has 2 rings (SSSR count). The molecule has 2 N–H and O–H groups in total. The second-order valence-corrected chi connectivity index (χ2v) is 5.81. The van der Waals surface area contributed by atoms with Gasteiger partial charge in [0.05, 0.1) is 29.2 Å². The van der Waals surface area contributed by atoms with Crippen LogP contribution < -0.4 is 5.32 Å². The van der Waals surface area contributed by atoms with Crippen molar-refractivity contribution in [2.75, 3.05) is 11.9 Å². The van der Waals surface area contributed by atoms with Crippen molar-refractivity contribution in [2.24, 2.45) is 5.92 Å². The lowest BCUT2D eigenvalue weighted by Gasteiger charge is -2.40. The molecule has 1 aliphatic carbocycles. The van der Waals surface area contributed by atoms with Crippen molar-refractivity contribution in [3.05, 3.63) is 33.9 Å². The Morgan fingerprint density at radius 1 is 1.48 bits per heavy atom. The fourth-order valence-electron chi connectivity index (χ4n) is 3.01. The van der Waals surface area contributed by atoms with Crippen LogP contribution in [0.2, 0.25) is 0 Å². The number of hydrogen-bond donors (Lipinski definition) is 2. The zero-order valence-electron chi connectivity index (χ0n) is 11.7. The Balaban J connectivity index is 2.31. The van der Waals surface area contributed by atoms with Crippen molar-refractivity contribution in [1.29, 1.82) is 0 Å². The van der Waals surface area contributed by atoms with Crippen molar-refractivity contribution in [3.63, 3.8) is 0 Å². The van der Waals surface area contributed by atoms with Gasteiger partial charge in [-0.05, 0) is 18.8 Å². The number of benzene rings is 1. The largest absolute Gasteiger partial charge is 0.394 e. The maximum Gasteiger partial charge on any atom is 0.275 e. The monoisotopic (exact) mass is 300 g/mol. The SMILES string of the molecule is CC1CCCC(CO)(Nc2c(F)cc([N+](=O)[O-])cc2F)C1. The lowest BCUT2D eigenvalue weighted by molar-refractivity contribution is -0.385. The summed E-state index contributed by atoms with van der Waals surface area (Å²) < 4.78 is 27.9. The van der Waals surface area contributed by atoms with E-state index in [1.54, 1.807) is 0 Å². The van der Waals surface area contributed by atoms with Gasteiger partial charge in [-0.2, -0.15) is 0 Å². The van der Waals surface area contributed by atoms with Crippen LogP contribution in [0.4, 0.5) is 20.2 Å². The van der Waals surface area contributed by atoms with E-state index in [0.717, 1.165) is 12.8 Å². The molecule has 0 heterocycles. The molecule has 0 bridgehead atoms. The van der Waals surface area contributed by atoms with E-state index >= 15 is 0 Å². The van der Waals surface area contributed by atoms with Crippen molar-refractivity contribution in [1.82, 2.24) is 0 Å². The number of non-ortho nitro benzene ring substituents is 1. The molecular formula is C14H18F2N2O3. The van der Waals surface area contributed by atoms with Crippen molar-refractivity contribution in [2.45, 2.75) is 38.1 Å². The van der Waals surface area contributed by atoms with Crippen LogP contribution in [0.1, 0.15) is 32.6 Å². The molecule has 1 fully saturated rings. The minimum atomic E-state index is -1.02. The van der Waals surface area contributed by atoms with Gasteiger partial charge in [-0.3, -0.25) is 10.1 Å². The van der Waals surface area contributed by atoms with E-state index in [9.17, 15) is 24.0 Å². The first-order chi connectivity index (χ1) is 9.87. The highest BCUT2D eigenvalue weighted by molar-refractivity contribution is 5.53. The third kappa shape index (κ3) is 3.29. The number of aliphatic hydroxyl groups excluding tert-OH is 1. The van der Waals surface area contributed by atoms with E-state index in [2.05, 4.69) is 5.32 Å². The molecule has 1 aliphatic rings. The summed E-state index contributed by atoms with van der Waals surface area (Å²) in [6, 6.07) is 1.37. The fourth-order valence-corrected chi connectivity index (χ4v) is 3.01. The summed E-state index contributed by atoms with van der Waals surface area (Å²) in [7, 11) is 0. The van der Waals surface area contributed by atoms with Gasteiger partial charge < -0.3 is 10.4 Å². The Labute approximate surface area is 121 Å². The molecule has 0 amide bonds. The minimum absolute atomic E-state index is 0.243. The van der Waals surface area contributed by atoms with Crippen LogP contribution in [-0.2, 0) is 0 Å². The zero-order valence-corrected chi connectivity index (χ0v) is 11.7. The quantitative estimate of drug-likeness (QED) is 0.661. The minimum Gasteiger partial charge on any atom is -0.394 e. The Hall–Kier alpha value is -1.76. The molecule has 1 aromatic carbocycles. The maximum atomic E-state index is 13.9. The highest BCUT2D eigenvalue weighted by atomic mass is 19.1. The van der Waals surface area contributed by atoms with Crippen LogP contribution in [0, 0.1) is 27.7 Å². The summed E-state index contributed by atoms with van der Waals surface area (Å²) in [6.07, 6.45) is 3.06. The first-order valence-corrected chi connectivity index (χ1v) is 6.89. The number of nitrogens with zero attached hydrogens (tertiary/aromatic N) is 1. The Bertz CT molecular complexity index is 530. The zero-order chi connectivity index (χ0) is 15.6. The Kier molecular flexibility index (Phi) is 4.41. The van der Waals surface area contributed by atoms with E-state index < -0.39 is 33.5 Å². The van der Waals surface area contributed by atoms with E-state index in [0.29, 0.717) is 30.9 Å².